The van der Waals surface area contributed by atoms with Crippen LogP contribution in [-0.2, 0) is 0 Å². The number of carbonyl (C=O) groups is 1. The van der Waals surface area contributed by atoms with Crippen molar-refractivity contribution < 1.29 is 4.79 Å². The smallest absolute Gasteiger partial charge is 0.273 e. The van der Waals surface area contributed by atoms with Crippen LogP contribution in [0.15, 0.2) is 41.7 Å². The zero-order valence-electron chi connectivity index (χ0n) is 11.9. The molecule has 0 aliphatic heterocycles. The van der Waals surface area contributed by atoms with Crippen molar-refractivity contribution in [2.75, 3.05) is 12.4 Å². The van der Waals surface area contributed by atoms with Crippen molar-refractivity contribution >= 4 is 28.1 Å². The number of allylic oxidation sites excluding steroid dienone is 1. The summed E-state index contributed by atoms with van der Waals surface area (Å²) in [5.74, 6) is -0.124. The molecule has 1 aromatic carbocycles. The monoisotopic (exact) mass is 303 g/mol. The second-order valence-electron chi connectivity index (χ2n) is 4.59. The van der Waals surface area contributed by atoms with Gasteiger partial charge in [0.15, 0.2) is 0 Å². The summed E-state index contributed by atoms with van der Waals surface area (Å²) in [5, 5.41) is 6.06. The van der Waals surface area contributed by atoms with E-state index in [0.29, 0.717) is 5.00 Å². The Morgan fingerprint density at radius 2 is 2.05 bits per heavy atom. The van der Waals surface area contributed by atoms with E-state index in [0.717, 1.165) is 22.8 Å². The summed E-state index contributed by atoms with van der Waals surface area (Å²) < 4.78 is 2.56. The first-order chi connectivity index (χ1) is 10.1. The lowest BCUT2D eigenvalue weighted by atomic mass is 10.0. The highest BCUT2D eigenvalue weighted by Crippen LogP contribution is 2.24. The molecule has 21 heavy (non-hydrogen) atoms. The summed E-state index contributed by atoms with van der Waals surface area (Å²) >= 11 is 1.10. The molecule has 0 radical (unpaired) electrons. The van der Waals surface area contributed by atoms with Crippen LogP contribution in [0, 0.1) is 0 Å². The minimum absolute atomic E-state index is 0.103. The van der Waals surface area contributed by atoms with Crippen LogP contribution in [-0.4, -0.2) is 17.3 Å². The fourth-order valence-corrected chi connectivity index (χ4v) is 2.61. The molecule has 1 amide bonds. The fraction of sp³-hybridized carbons (Fsp3) is 0.200. The van der Waals surface area contributed by atoms with Crippen LogP contribution >= 0.6 is 11.5 Å². The van der Waals surface area contributed by atoms with E-state index in [1.165, 1.54) is 7.05 Å². The SMILES string of the molecule is C=CC(C)c1ccc(Nc2s[nH]c(=O)c2C(=O)NC)cc1. The zero-order valence-corrected chi connectivity index (χ0v) is 12.7. The van der Waals surface area contributed by atoms with E-state index < -0.39 is 11.5 Å². The summed E-state index contributed by atoms with van der Waals surface area (Å²) in [5.41, 5.74) is 1.68. The number of anilines is 2. The molecule has 0 aliphatic rings. The van der Waals surface area contributed by atoms with E-state index in [4.69, 9.17) is 0 Å². The minimum Gasteiger partial charge on any atom is -0.355 e. The van der Waals surface area contributed by atoms with E-state index in [9.17, 15) is 9.59 Å². The van der Waals surface area contributed by atoms with Crippen molar-refractivity contribution in [1.82, 2.24) is 9.69 Å². The molecular formula is C15H17N3O2S. The first-order valence-electron chi connectivity index (χ1n) is 6.50. The van der Waals surface area contributed by atoms with E-state index in [1.807, 2.05) is 30.3 Å². The Balaban J connectivity index is 2.25. The van der Waals surface area contributed by atoms with Gasteiger partial charge in [0.05, 0.1) is 0 Å². The Morgan fingerprint density at radius 3 is 2.62 bits per heavy atom. The summed E-state index contributed by atoms with van der Waals surface area (Å²) in [6.07, 6.45) is 1.88. The van der Waals surface area contributed by atoms with Crippen molar-refractivity contribution in [2.24, 2.45) is 0 Å². The third-order valence-corrected chi connectivity index (χ3v) is 4.00. The molecule has 110 valence electrons. The van der Waals surface area contributed by atoms with E-state index >= 15 is 0 Å². The van der Waals surface area contributed by atoms with Gasteiger partial charge in [-0.3, -0.25) is 14.0 Å². The van der Waals surface area contributed by atoms with Gasteiger partial charge in [-0.15, -0.1) is 6.58 Å². The lowest BCUT2D eigenvalue weighted by Gasteiger charge is -2.09. The Kier molecular flexibility index (Phi) is 4.59. The molecule has 1 atom stereocenters. The average Bonchev–Trinajstić information content (AvgIpc) is 2.87. The van der Waals surface area contributed by atoms with Gasteiger partial charge in [0.1, 0.15) is 10.6 Å². The number of nitrogens with one attached hydrogen (secondary N) is 3. The predicted molar refractivity (Wildman–Crippen MR) is 86.7 cm³/mol. The molecule has 1 unspecified atom stereocenters. The molecule has 0 saturated heterocycles. The highest BCUT2D eigenvalue weighted by atomic mass is 32.1. The topological polar surface area (TPSA) is 74.0 Å². The predicted octanol–water partition coefficient (Wildman–Crippen LogP) is 2.83. The Bertz CT molecular complexity index is 700. The molecule has 3 N–H and O–H groups in total. The van der Waals surface area contributed by atoms with Crippen molar-refractivity contribution in [2.45, 2.75) is 12.8 Å². The Morgan fingerprint density at radius 1 is 1.38 bits per heavy atom. The number of aromatic nitrogens is 1. The third kappa shape index (κ3) is 3.22. The highest BCUT2D eigenvalue weighted by Gasteiger charge is 2.17. The second kappa shape index (κ2) is 6.41. The number of rotatable bonds is 5. The maximum Gasteiger partial charge on any atom is 0.273 e. The summed E-state index contributed by atoms with van der Waals surface area (Å²) in [6.45, 7) is 5.84. The van der Waals surface area contributed by atoms with Gasteiger partial charge in [0.25, 0.3) is 11.5 Å². The summed E-state index contributed by atoms with van der Waals surface area (Å²) in [6, 6.07) is 7.80. The summed E-state index contributed by atoms with van der Waals surface area (Å²) in [7, 11) is 1.49. The molecule has 2 aromatic rings. The van der Waals surface area contributed by atoms with Gasteiger partial charge in [-0.1, -0.05) is 25.1 Å². The van der Waals surface area contributed by atoms with Crippen LogP contribution in [0.5, 0.6) is 0 Å². The summed E-state index contributed by atoms with van der Waals surface area (Å²) in [4.78, 5) is 23.4. The van der Waals surface area contributed by atoms with Crippen LogP contribution in [0.1, 0.15) is 28.8 Å². The molecule has 1 aromatic heterocycles. The first kappa shape index (κ1) is 15.1. The Hall–Kier alpha value is -2.34. The lowest BCUT2D eigenvalue weighted by Crippen LogP contribution is -2.24. The van der Waals surface area contributed by atoms with Gasteiger partial charge >= 0.3 is 0 Å². The quantitative estimate of drug-likeness (QED) is 0.744. The molecular weight excluding hydrogens is 286 g/mol. The second-order valence-corrected chi connectivity index (χ2v) is 5.40. The molecule has 2 rings (SSSR count). The van der Waals surface area contributed by atoms with Crippen LogP contribution < -0.4 is 16.2 Å². The normalized spacial score (nSPS) is 11.7. The van der Waals surface area contributed by atoms with E-state index in [2.05, 4.69) is 28.5 Å². The number of hydrogen-bond donors (Lipinski definition) is 3. The average molecular weight is 303 g/mol. The lowest BCUT2D eigenvalue weighted by molar-refractivity contribution is 0.0963. The maximum absolute atomic E-state index is 11.7. The van der Waals surface area contributed by atoms with Crippen LogP contribution in [0.25, 0.3) is 0 Å². The van der Waals surface area contributed by atoms with Crippen LogP contribution in [0.4, 0.5) is 10.7 Å². The Labute approximate surface area is 126 Å². The minimum atomic E-state index is -0.406. The number of H-pyrrole nitrogens is 1. The van der Waals surface area contributed by atoms with Gasteiger partial charge in [-0.2, -0.15) is 0 Å². The van der Waals surface area contributed by atoms with Crippen molar-refractivity contribution in [3.63, 3.8) is 0 Å². The largest absolute Gasteiger partial charge is 0.355 e. The van der Waals surface area contributed by atoms with Gasteiger partial charge < -0.3 is 10.6 Å². The molecule has 0 spiro atoms. The fourth-order valence-electron chi connectivity index (χ4n) is 1.86. The molecule has 1 heterocycles. The molecule has 0 bridgehead atoms. The molecule has 0 aliphatic carbocycles. The first-order valence-corrected chi connectivity index (χ1v) is 7.31. The van der Waals surface area contributed by atoms with Crippen LogP contribution in [0.2, 0.25) is 0 Å². The molecule has 0 saturated carbocycles. The van der Waals surface area contributed by atoms with Gasteiger partial charge in [0.2, 0.25) is 0 Å². The standard InChI is InChI=1S/C15H17N3O2S/c1-4-9(2)10-5-7-11(8-6-10)17-15-12(13(19)16-3)14(20)18-21-15/h4-9,17H,1H2,2-3H3,(H,16,19)(H,18,20). The van der Waals surface area contributed by atoms with Crippen molar-refractivity contribution in [1.29, 1.82) is 0 Å². The number of amides is 1. The van der Waals surface area contributed by atoms with Crippen molar-refractivity contribution in [3.05, 3.63) is 58.4 Å². The van der Waals surface area contributed by atoms with Gasteiger partial charge in [-0.05, 0) is 35.1 Å². The van der Waals surface area contributed by atoms with Gasteiger partial charge in [0, 0.05) is 12.7 Å². The highest BCUT2D eigenvalue weighted by molar-refractivity contribution is 7.10. The number of hydrogen-bond acceptors (Lipinski definition) is 4. The van der Waals surface area contributed by atoms with Gasteiger partial charge in [-0.25, -0.2) is 0 Å². The number of aromatic amines is 1. The van der Waals surface area contributed by atoms with E-state index in [1.54, 1.807) is 0 Å². The van der Waals surface area contributed by atoms with E-state index in [-0.39, 0.29) is 11.5 Å². The van der Waals surface area contributed by atoms with Crippen LogP contribution in [0.3, 0.4) is 0 Å². The molecule has 0 fully saturated rings. The molecule has 6 heteroatoms. The molecule has 5 nitrogen and oxygen atoms in total. The maximum atomic E-state index is 11.7. The number of carbonyl (C=O) groups excluding carboxylic acids is 1. The third-order valence-electron chi connectivity index (χ3n) is 3.20. The number of benzene rings is 1. The van der Waals surface area contributed by atoms with Crippen molar-refractivity contribution in [3.8, 4) is 0 Å². The zero-order chi connectivity index (χ0) is 15.4.